The van der Waals surface area contributed by atoms with Gasteiger partial charge in [0.2, 0.25) is 0 Å². The van der Waals surface area contributed by atoms with Crippen LogP contribution < -0.4 is 5.32 Å². The Bertz CT molecular complexity index is 476. The number of carbonyl (C=O) groups is 1. The molecule has 1 fully saturated rings. The van der Waals surface area contributed by atoms with Gasteiger partial charge < -0.3 is 24.6 Å². The van der Waals surface area contributed by atoms with Crippen LogP contribution in [0.1, 0.15) is 48.0 Å². The molecule has 1 saturated heterocycles. The Labute approximate surface area is 165 Å². The second kappa shape index (κ2) is 11.4. The summed E-state index contributed by atoms with van der Waals surface area (Å²) < 4.78 is 11.0. The Morgan fingerprint density at radius 3 is 2.67 bits per heavy atom. The van der Waals surface area contributed by atoms with E-state index in [0.29, 0.717) is 19.0 Å². The molecule has 1 amide bonds. The Kier molecular flexibility index (Phi) is 9.91. The Hall–Kier alpha value is -1.50. The van der Waals surface area contributed by atoms with Crippen molar-refractivity contribution in [2.75, 3.05) is 53.0 Å². The van der Waals surface area contributed by atoms with Crippen LogP contribution in [0.2, 0.25) is 0 Å². The van der Waals surface area contributed by atoms with Crippen LogP contribution in [0.25, 0.3) is 0 Å². The van der Waals surface area contributed by atoms with Crippen LogP contribution in [0.3, 0.4) is 0 Å². The highest BCUT2D eigenvalue weighted by atomic mass is 16.6. The van der Waals surface area contributed by atoms with Gasteiger partial charge in [-0.3, -0.25) is 4.99 Å². The van der Waals surface area contributed by atoms with Crippen LogP contribution in [-0.2, 0) is 9.47 Å². The van der Waals surface area contributed by atoms with E-state index in [0.717, 1.165) is 45.2 Å². The van der Waals surface area contributed by atoms with E-state index in [4.69, 9.17) is 14.5 Å². The summed E-state index contributed by atoms with van der Waals surface area (Å²) in [5.74, 6) is 1.78. The maximum absolute atomic E-state index is 12.1. The minimum absolute atomic E-state index is 0.248. The third-order valence-corrected chi connectivity index (χ3v) is 4.32. The fourth-order valence-corrected chi connectivity index (χ4v) is 3.05. The molecule has 2 atom stereocenters. The molecule has 0 bridgehead atoms. The van der Waals surface area contributed by atoms with Crippen molar-refractivity contribution < 1.29 is 14.3 Å². The van der Waals surface area contributed by atoms with E-state index in [9.17, 15) is 4.79 Å². The van der Waals surface area contributed by atoms with E-state index < -0.39 is 5.60 Å². The zero-order chi connectivity index (χ0) is 20.4. The van der Waals surface area contributed by atoms with Crippen LogP contribution in [-0.4, -0.2) is 80.4 Å². The highest BCUT2D eigenvalue weighted by Crippen LogP contribution is 2.17. The molecule has 1 aliphatic heterocycles. The molecule has 0 aromatic heterocycles. The smallest absolute Gasteiger partial charge is 0.410 e. The second-order valence-electron chi connectivity index (χ2n) is 8.42. The minimum Gasteiger partial charge on any atom is -0.444 e. The zero-order valence-electron chi connectivity index (χ0n) is 18.4. The molecule has 0 aliphatic carbocycles. The first-order chi connectivity index (χ1) is 12.7. The largest absolute Gasteiger partial charge is 0.444 e. The van der Waals surface area contributed by atoms with Crippen molar-refractivity contribution in [3.63, 3.8) is 0 Å². The number of hydrogen-bond donors (Lipinski definition) is 1. The first-order valence-corrected chi connectivity index (χ1v) is 10.2. The molecule has 1 heterocycles. The van der Waals surface area contributed by atoms with Crippen molar-refractivity contribution in [2.24, 2.45) is 16.8 Å². The summed E-state index contributed by atoms with van der Waals surface area (Å²) in [6, 6.07) is 0. The van der Waals surface area contributed by atoms with Crippen molar-refractivity contribution >= 4 is 12.1 Å². The summed E-state index contributed by atoms with van der Waals surface area (Å²) >= 11 is 0. The number of ether oxygens (including phenoxy) is 2. The van der Waals surface area contributed by atoms with E-state index in [-0.39, 0.29) is 12.0 Å². The lowest BCUT2D eigenvalue weighted by Gasteiger charge is -2.26. The number of likely N-dealkylation sites (tertiary alicyclic amines) is 1. The highest BCUT2D eigenvalue weighted by molar-refractivity contribution is 5.80. The highest BCUT2D eigenvalue weighted by Gasteiger charge is 2.25. The van der Waals surface area contributed by atoms with Gasteiger partial charge in [-0.1, -0.05) is 6.92 Å². The summed E-state index contributed by atoms with van der Waals surface area (Å²) in [5, 5.41) is 3.39. The van der Waals surface area contributed by atoms with Gasteiger partial charge in [0.05, 0.1) is 6.61 Å². The van der Waals surface area contributed by atoms with E-state index >= 15 is 0 Å². The van der Waals surface area contributed by atoms with Gasteiger partial charge in [-0.05, 0) is 47.0 Å². The normalized spacial score (nSPS) is 19.1. The van der Waals surface area contributed by atoms with Gasteiger partial charge in [-0.25, -0.2) is 4.79 Å². The number of rotatable bonds is 8. The SMILES string of the molecule is CCNC(=NCC(C)CN(C)C(=O)OC(C)(C)C)N1CCC(COCC)C1. The topological polar surface area (TPSA) is 66.4 Å². The lowest BCUT2D eigenvalue weighted by molar-refractivity contribution is 0.0279. The first kappa shape index (κ1) is 23.5. The average molecular weight is 385 g/mol. The lowest BCUT2D eigenvalue weighted by atomic mass is 10.1. The van der Waals surface area contributed by atoms with Crippen molar-refractivity contribution in [2.45, 2.75) is 53.6 Å². The molecule has 0 saturated carbocycles. The van der Waals surface area contributed by atoms with Crippen LogP contribution in [0, 0.1) is 11.8 Å². The number of guanidine groups is 1. The van der Waals surface area contributed by atoms with E-state index in [1.807, 2.05) is 27.7 Å². The van der Waals surface area contributed by atoms with Gasteiger partial charge in [-0.2, -0.15) is 0 Å². The quantitative estimate of drug-likeness (QED) is 0.515. The van der Waals surface area contributed by atoms with Gasteiger partial charge >= 0.3 is 6.09 Å². The molecular weight excluding hydrogens is 344 g/mol. The van der Waals surface area contributed by atoms with Crippen LogP contribution >= 0.6 is 0 Å². The molecule has 0 aromatic rings. The van der Waals surface area contributed by atoms with E-state index in [2.05, 4.69) is 24.1 Å². The van der Waals surface area contributed by atoms with E-state index in [1.54, 1.807) is 11.9 Å². The Morgan fingerprint density at radius 1 is 1.37 bits per heavy atom. The third-order valence-electron chi connectivity index (χ3n) is 4.32. The van der Waals surface area contributed by atoms with Crippen molar-refractivity contribution in [3.8, 4) is 0 Å². The molecule has 0 aromatic carbocycles. The number of hydrogen-bond acceptors (Lipinski definition) is 4. The standard InChI is InChI=1S/C20H40N4O3/c1-8-21-18(24-11-10-17(14-24)15-26-9-2)22-12-16(3)13-23(7)19(25)27-20(4,5)6/h16-17H,8-15H2,1-7H3,(H,21,22). The van der Waals surface area contributed by atoms with Gasteiger partial charge in [-0.15, -0.1) is 0 Å². The summed E-state index contributed by atoms with van der Waals surface area (Å²) in [7, 11) is 1.78. The monoisotopic (exact) mass is 384 g/mol. The molecular formula is C20H40N4O3. The molecule has 1 aliphatic rings. The second-order valence-corrected chi connectivity index (χ2v) is 8.42. The average Bonchev–Trinajstić information content (AvgIpc) is 3.03. The predicted molar refractivity (Wildman–Crippen MR) is 110 cm³/mol. The Morgan fingerprint density at radius 2 is 2.07 bits per heavy atom. The third kappa shape index (κ3) is 9.31. The number of nitrogens with one attached hydrogen (secondary N) is 1. The molecule has 1 N–H and O–H groups in total. The first-order valence-electron chi connectivity index (χ1n) is 10.2. The number of amides is 1. The fraction of sp³-hybridized carbons (Fsp3) is 0.900. The van der Waals surface area contributed by atoms with Crippen molar-refractivity contribution in [1.29, 1.82) is 0 Å². The van der Waals surface area contributed by atoms with E-state index in [1.165, 1.54) is 0 Å². The summed E-state index contributed by atoms with van der Waals surface area (Å²) in [6.07, 6.45) is 0.852. The van der Waals surface area contributed by atoms with Gasteiger partial charge in [0.15, 0.2) is 5.96 Å². The zero-order valence-corrected chi connectivity index (χ0v) is 18.4. The lowest BCUT2D eigenvalue weighted by Crippen LogP contribution is -2.41. The predicted octanol–water partition coefficient (Wildman–Crippen LogP) is 2.81. The number of carbonyl (C=O) groups excluding carboxylic acids is 1. The maximum Gasteiger partial charge on any atom is 0.410 e. The van der Waals surface area contributed by atoms with Crippen molar-refractivity contribution in [3.05, 3.63) is 0 Å². The fourth-order valence-electron chi connectivity index (χ4n) is 3.05. The van der Waals surface area contributed by atoms with Gasteiger partial charge in [0.25, 0.3) is 0 Å². The summed E-state index contributed by atoms with van der Waals surface area (Å²) in [4.78, 5) is 20.9. The number of nitrogens with zero attached hydrogens (tertiary/aromatic N) is 3. The molecule has 0 radical (unpaired) electrons. The van der Waals surface area contributed by atoms with Crippen molar-refractivity contribution in [1.82, 2.24) is 15.1 Å². The molecule has 1 rings (SSSR count). The minimum atomic E-state index is -0.473. The maximum atomic E-state index is 12.1. The van der Waals surface area contributed by atoms with Crippen LogP contribution in [0.4, 0.5) is 4.79 Å². The molecule has 7 heteroatoms. The summed E-state index contributed by atoms with van der Waals surface area (Å²) in [5.41, 5.74) is -0.473. The van der Waals surface area contributed by atoms with Crippen LogP contribution in [0.5, 0.6) is 0 Å². The molecule has 2 unspecified atom stereocenters. The van der Waals surface area contributed by atoms with Gasteiger partial charge in [0, 0.05) is 52.3 Å². The molecule has 7 nitrogen and oxygen atoms in total. The molecule has 27 heavy (non-hydrogen) atoms. The number of aliphatic imine (C=N–C) groups is 1. The van der Waals surface area contributed by atoms with Gasteiger partial charge in [0.1, 0.15) is 5.60 Å². The molecule has 0 spiro atoms. The Balaban J connectivity index is 2.53. The summed E-state index contributed by atoms with van der Waals surface area (Å²) in [6.45, 7) is 17.6. The van der Waals surface area contributed by atoms with Crippen LogP contribution in [0.15, 0.2) is 4.99 Å². The molecule has 158 valence electrons.